The molecular formula is C30H26BrNO4. The summed E-state index contributed by atoms with van der Waals surface area (Å²) in [7, 11) is 3.42. The van der Waals surface area contributed by atoms with Crippen LogP contribution in [0.2, 0.25) is 0 Å². The maximum absolute atomic E-state index is 6.02. The molecule has 0 saturated heterocycles. The van der Waals surface area contributed by atoms with Crippen molar-refractivity contribution in [2.75, 3.05) is 21.0 Å². The predicted octanol–water partition coefficient (Wildman–Crippen LogP) is 2.97. The smallest absolute Gasteiger partial charge is 0.231 e. The lowest BCUT2D eigenvalue weighted by Crippen LogP contribution is -3.00. The van der Waals surface area contributed by atoms with E-state index < -0.39 is 0 Å². The molecular weight excluding hydrogens is 518 g/mol. The number of aromatic nitrogens is 1. The Kier molecular flexibility index (Phi) is 5.45. The lowest BCUT2D eigenvalue weighted by atomic mass is 9.87. The Hall–Kier alpha value is -3.51. The first kappa shape index (κ1) is 22.9. The van der Waals surface area contributed by atoms with Crippen molar-refractivity contribution >= 4 is 32.4 Å². The number of pyridine rings is 1. The third-order valence-corrected chi connectivity index (χ3v) is 7.52. The monoisotopic (exact) mass is 543 g/mol. The second-order valence-electron chi connectivity index (χ2n) is 9.14. The molecule has 0 bridgehead atoms. The van der Waals surface area contributed by atoms with Gasteiger partial charge in [-0.15, -0.1) is 0 Å². The van der Waals surface area contributed by atoms with Crippen LogP contribution in [-0.4, -0.2) is 21.0 Å². The zero-order valence-electron chi connectivity index (χ0n) is 20.5. The molecule has 0 radical (unpaired) electrons. The number of halogens is 1. The summed E-state index contributed by atoms with van der Waals surface area (Å²) in [5.74, 6) is 3.25. The summed E-state index contributed by atoms with van der Waals surface area (Å²) in [5.41, 5.74) is 6.15. The Balaban J connectivity index is 0.00000240. The number of nitrogens with zero attached hydrogens (tertiary/aromatic N) is 1. The lowest BCUT2D eigenvalue weighted by Gasteiger charge is -2.22. The second kappa shape index (κ2) is 8.56. The van der Waals surface area contributed by atoms with Gasteiger partial charge in [0.1, 0.15) is 5.39 Å². The quantitative estimate of drug-likeness (QED) is 0.258. The minimum atomic E-state index is 0. The molecule has 0 saturated carbocycles. The molecule has 36 heavy (non-hydrogen) atoms. The fourth-order valence-electron chi connectivity index (χ4n) is 6.07. The topological polar surface area (TPSA) is 40.8 Å². The first-order valence-electron chi connectivity index (χ1n) is 12.1. The molecule has 0 unspecified atom stereocenters. The van der Waals surface area contributed by atoms with Crippen LogP contribution < -0.4 is 40.5 Å². The average molecular weight is 544 g/mol. The number of hydrogen-bond acceptors (Lipinski definition) is 4. The first-order valence-corrected chi connectivity index (χ1v) is 12.1. The van der Waals surface area contributed by atoms with Crippen LogP contribution >= 0.6 is 0 Å². The molecule has 0 atom stereocenters. The summed E-state index contributed by atoms with van der Waals surface area (Å²) < 4.78 is 26.1. The van der Waals surface area contributed by atoms with E-state index in [1.165, 1.54) is 32.8 Å². The zero-order chi connectivity index (χ0) is 23.7. The van der Waals surface area contributed by atoms with Gasteiger partial charge in [0.25, 0.3) is 0 Å². The van der Waals surface area contributed by atoms with Crippen molar-refractivity contribution in [3.8, 4) is 34.3 Å². The van der Waals surface area contributed by atoms with Gasteiger partial charge in [-0.2, -0.15) is 4.57 Å². The van der Waals surface area contributed by atoms with Crippen LogP contribution in [0.1, 0.15) is 18.1 Å². The summed E-state index contributed by atoms with van der Waals surface area (Å²) in [4.78, 5) is 0. The third-order valence-electron chi connectivity index (χ3n) is 7.52. The summed E-state index contributed by atoms with van der Waals surface area (Å²) in [6.45, 7) is 3.35. The molecule has 3 heterocycles. The van der Waals surface area contributed by atoms with E-state index in [4.69, 9.17) is 18.9 Å². The Labute approximate surface area is 219 Å². The minimum absolute atomic E-state index is 0. The molecule has 1 aromatic heterocycles. The number of rotatable bonds is 4. The molecule has 6 heteroatoms. The molecule has 0 fully saturated rings. The van der Waals surface area contributed by atoms with Crippen LogP contribution in [-0.2, 0) is 19.4 Å². The standard InChI is InChI=1S/C30H26NO4.BrH/c1-4-17-14-21-20-10-11-22(32-2)29(33-3)26(20)27(18-8-6-5-7-9-18)31-13-12-19-15-23-30(35-16-34-23)25(17)24(19)28(21)31;/h5-11,14-15H,4,12-13,16H2,1-3H3;1H/q+1;/p-1. The van der Waals surface area contributed by atoms with Crippen molar-refractivity contribution in [3.05, 3.63) is 65.7 Å². The van der Waals surface area contributed by atoms with Gasteiger partial charge >= 0.3 is 0 Å². The van der Waals surface area contributed by atoms with Crippen molar-refractivity contribution in [2.24, 2.45) is 0 Å². The van der Waals surface area contributed by atoms with Crippen LogP contribution in [0, 0.1) is 0 Å². The van der Waals surface area contributed by atoms with E-state index in [1.807, 2.05) is 6.07 Å². The van der Waals surface area contributed by atoms with Gasteiger partial charge in [-0.3, -0.25) is 0 Å². The molecule has 2 aliphatic rings. The van der Waals surface area contributed by atoms with Crippen LogP contribution in [0.3, 0.4) is 0 Å². The molecule has 0 aliphatic carbocycles. The molecule has 2 aliphatic heterocycles. The summed E-state index contributed by atoms with van der Waals surface area (Å²) >= 11 is 0. The van der Waals surface area contributed by atoms with Crippen molar-refractivity contribution < 1.29 is 40.5 Å². The second-order valence-corrected chi connectivity index (χ2v) is 9.14. The van der Waals surface area contributed by atoms with Gasteiger partial charge in [0.2, 0.25) is 18.0 Å². The highest BCUT2D eigenvalue weighted by Gasteiger charge is 2.35. The lowest BCUT2D eigenvalue weighted by molar-refractivity contribution is -0.659. The van der Waals surface area contributed by atoms with Gasteiger partial charge in [-0.1, -0.05) is 25.1 Å². The highest BCUT2D eigenvalue weighted by Crippen LogP contribution is 2.49. The van der Waals surface area contributed by atoms with Crippen LogP contribution in [0.4, 0.5) is 0 Å². The molecule has 5 nitrogen and oxygen atoms in total. The number of ether oxygens (including phenoxy) is 4. The Morgan fingerprint density at radius 3 is 2.47 bits per heavy atom. The third kappa shape index (κ3) is 2.97. The van der Waals surface area contributed by atoms with E-state index in [0.717, 1.165) is 64.4 Å². The normalized spacial score (nSPS) is 13.4. The minimum Gasteiger partial charge on any atom is -1.00 e. The van der Waals surface area contributed by atoms with E-state index in [9.17, 15) is 0 Å². The number of aryl methyl sites for hydroxylation is 3. The van der Waals surface area contributed by atoms with Crippen molar-refractivity contribution in [3.63, 3.8) is 0 Å². The fourth-order valence-corrected chi connectivity index (χ4v) is 6.07. The molecule has 7 rings (SSSR count). The van der Waals surface area contributed by atoms with Crippen LogP contribution in [0.5, 0.6) is 23.0 Å². The van der Waals surface area contributed by atoms with Crippen LogP contribution in [0.25, 0.3) is 43.7 Å². The summed E-state index contributed by atoms with van der Waals surface area (Å²) in [6, 6.07) is 19.3. The van der Waals surface area contributed by atoms with Crippen molar-refractivity contribution in [1.29, 1.82) is 0 Å². The number of hydrogen-bond donors (Lipinski definition) is 0. The van der Waals surface area contributed by atoms with Gasteiger partial charge in [0.05, 0.1) is 25.0 Å². The molecule has 4 aromatic carbocycles. The average Bonchev–Trinajstić information content (AvgIpc) is 3.38. The highest BCUT2D eigenvalue weighted by atomic mass is 79.9. The Bertz CT molecular complexity index is 1680. The SMILES string of the molecule is CCc1cc2c3ccc(OC)c(OC)c3c(-c3ccccc3)[n+]3c2c2c(cc4c(c12)OCO4)CC3.[Br-]. The maximum Gasteiger partial charge on any atom is 0.231 e. The first-order chi connectivity index (χ1) is 17.2. The van der Waals surface area contributed by atoms with Crippen LogP contribution in [0.15, 0.2) is 54.6 Å². The van der Waals surface area contributed by atoms with Crippen molar-refractivity contribution in [2.45, 2.75) is 26.3 Å². The van der Waals surface area contributed by atoms with Gasteiger partial charge in [-0.25, -0.2) is 0 Å². The van der Waals surface area contributed by atoms with E-state index in [1.54, 1.807) is 14.2 Å². The Morgan fingerprint density at radius 2 is 1.72 bits per heavy atom. The van der Waals surface area contributed by atoms with Gasteiger partial charge in [0.15, 0.2) is 29.5 Å². The van der Waals surface area contributed by atoms with E-state index in [0.29, 0.717) is 0 Å². The maximum atomic E-state index is 6.02. The number of benzene rings is 4. The molecule has 0 spiro atoms. The predicted molar refractivity (Wildman–Crippen MR) is 137 cm³/mol. The molecule has 5 aromatic rings. The fraction of sp³-hybridized carbons (Fsp3) is 0.233. The van der Waals surface area contributed by atoms with Gasteiger partial charge in [0, 0.05) is 22.8 Å². The molecule has 182 valence electrons. The van der Waals surface area contributed by atoms with Gasteiger partial charge in [-0.05, 0) is 53.9 Å². The summed E-state index contributed by atoms with van der Waals surface area (Å²) in [6.07, 6.45) is 1.83. The van der Waals surface area contributed by atoms with Gasteiger partial charge < -0.3 is 35.9 Å². The Morgan fingerprint density at radius 1 is 0.889 bits per heavy atom. The highest BCUT2D eigenvalue weighted by molar-refractivity contribution is 6.20. The largest absolute Gasteiger partial charge is 1.00 e. The summed E-state index contributed by atoms with van der Waals surface area (Å²) in [5, 5.41) is 5.94. The zero-order valence-corrected chi connectivity index (χ0v) is 22.1. The van der Waals surface area contributed by atoms with Crippen molar-refractivity contribution in [1.82, 2.24) is 0 Å². The molecule has 0 N–H and O–H groups in total. The molecule has 0 amide bonds. The van der Waals surface area contributed by atoms with E-state index >= 15 is 0 Å². The van der Waals surface area contributed by atoms with E-state index in [-0.39, 0.29) is 23.8 Å². The number of fused-ring (bicyclic) bond motifs is 4. The van der Waals surface area contributed by atoms with E-state index in [2.05, 4.69) is 60.0 Å². The number of methoxy groups -OCH3 is 2.